The Morgan fingerprint density at radius 2 is 1.93 bits per heavy atom. The molecule has 0 amide bonds. The Hall–Kier alpha value is -1.44. The van der Waals surface area contributed by atoms with Crippen molar-refractivity contribution in [2.45, 2.75) is 69.3 Å². The summed E-state index contributed by atoms with van der Waals surface area (Å²) in [5, 5.41) is -0.659. The van der Waals surface area contributed by atoms with E-state index in [1.165, 1.54) is 24.6 Å². The van der Waals surface area contributed by atoms with E-state index in [0.717, 1.165) is 25.7 Å². The lowest BCUT2D eigenvalue weighted by Gasteiger charge is -2.30. The van der Waals surface area contributed by atoms with Crippen molar-refractivity contribution in [3.63, 3.8) is 0 Å². The number of unbranched alkanes of at least 4 members (excludes halogenated alkanes) is 4. The van der Waals surface area contributed by atoms with Gasteiger partial charge >= 0.3 is 0 Å². The molecule has 1 heterocycles. The van der Waals surface area contributed by atoms with Crippen LogP contribution < -0.4 is 4.72 Å². The molecule has 156 valence electrons. The third kappa shape index (κ3) is 5.33. The summed E-state index contributed by atoms with van der Waals surface area (Å²) in [6, 6.07) is 4.25. The first-order chi connectivity index (χ1) is 13.4. The van der Waals surface area contributed by atoms with Crippen molar-refractivity contribution in [1.82, 2.24) is 0 Å². The van der Waals surface area contributed by atoms with Crippen LogP contribution in [0.25, 0.3) is 0 Å². The van der Waals surface area contributed by atoms with Crippen molar-refractivity contribution < 1.29 is 22.3 Å². The topological polar surface area (TPSA) is 64.6 Å². The van der Waals surface area contributed by atoms with Crippen molar-refractivity contribution in [2.75, 3.05) is 17.9 Å². The molecule has 1 atom stereocenters. The maximum absolute atomic E-state index is 13.7. The van der Waals surface area contributed by atoms with Crippen molar-refractivity contribution in [2.24, 2.45) is 0 Å². The van der Waals surface area contributed by atoms with Gasteiger partial charge < -0.3 is 9.47 Å². The van der Waals surface area contributed by atoms with E-state index in [1.54, 1.807) is 12.2 Å². The number of hydrogen-bond acceptors (Lipinski definition) is 4. The second kappa shape index (κ2) is 9.37. The highest BCUT2D eigenvalue weighted by molar-refractivity contribution is 7.93. The highest BCUT2D eigenvalue weighted by Crippen LogP contribution is 2.33. The molecule has 1 aromatic carbocycles. The lowest BCUT2D eigenvalue weighted by atomic mass is 10.0. The summed E-state index contributed by atoms with van der Waals surface area (Å²) in [5.74, 6) is -1.10. The van der Waals surface area contributed by atoms with Gasteiger partial charge in [0.2, 0.25) is 10.0 Å². The van der Waals surface area contributed by atoms with Crippen LogP contribution in [-0.4, -0.2) is 32.7 Å². The first-order valence-corrected chi connectivity index (χ1v) is 11.8. The predicted octanol–water partition coefficient (Wildman–Crippen LogP) is 4.54. The number of halogens is 1. The molecule has 3 rings (SSSR count). The van der Waals surface area contributed by atoms with E-state index in [1.807, 2.05) is 0 Å². The zero-order valence-electron chi connectivity index (χ0n) is 16.5. The van der Waals surface area contributed by atoms with E-state index in [-0.39, 0.29) is 5.82 Å². The predicted molar refractivity (Wildman–Crippen MR) is 108 cm³/mol. The fourth-order valence-electron chi connectivity index (χ4n) is 3.76. The van der Waals surface area contributed by atoms with Gasteiger partial charge in [0.25, 0.3) is 0 Å². The third-order valence-electron chi connectivity index (χ3n) is 5.39. The zero-order chi connectivity index (χ0) is 20.0. The largest absolute Gasteiger partial charge is 0.344 e. The summed E-state index contributed by atoms with van der Waals surface area (Å²) in [4.78, 5) is 0. The Morgan fingerprint density at radius 3 is 2.61 bits per heavy atom. The van der Waals surface area contributed by atoms with Crippen LogP contribution in [0, 0.1) is 5.82 Å². The summed E-state index contributed by atoms with van der Waals surface area (Å²) in [5.41, 5.74) is 1.18. The number of ether oxygens (including phenoxy) is 2. The van der Waals surface area contributed by atoms with Crippen LogP contribution >= 0.6 is 0 Å². The van der Waals surface area contributed by atoms with Crippen molar-refractivity contribution in [3.8, 4) is 0 Å². The van der Waals surface area contributed by atoms with Crippen LogP contribution in [0.3, 0.4) is 0 Å². The summed E-state index contributed by atoms with van der Waals surface area (Å²) in [6.07, 6.45) is 10.4. The van der Waals surface area contributed by atoms with E-state index in [4.69, 9.17) is 9.47 Å². The average Bonchev–Trinajstić information content (AvgIpc) is 3.12. The number of rotatable bonds is 9. The number of aryl methyl sites for hydroxylation is 1. The molecule has 1 fully saturated rings. The molecule has 0 radical (unpaired) electrons. The molecule has 1 aliphatic heterocycles. The minimum atomic E-state index is -3.63. The van der Waals surface area contributed by atoms with Gasteiger partial charge in [-0.05, 0) is 49.1 Å². The molecule has 1 aromatic rings. The summed E-state index contributed by atoms with van der Waals surface area (Å²) in [6.45, 7) is 3.21. The molecule has 2 aliphatic rings. The van der Waals surface area contributed by atoms with Crippen LogP contribution in [0.5, 0.6) is 0 Å². The molecule has 1 aliphatic carbocycles. The fourth-order valence-corrected chi connectivity index (χ4v) is 5.13. The number of nitrogens with one attached hydrogen (secondary N) is 1. The van der Waals surface area contributed by atoms with Gasteiger partial charge in [-0.1, -0.05) is 38.7 Å². The lowest BCUT2D eigenvalue weighted by molar-refractivity contribution is -0.124. The Bertz CT molecular complexity index is 788. The summed E-state index contributed by atoms with van der Waals surface area (Å²) >= 11 is 0. The Kier molecular flexibility index (Phi) is 7.12. The van der Waals surface area contributed by atoms with E-state index < -0.39 is 21.1 Å². The molecule has 1 spiro atoms. The summed E-state index contributed by atoms with van der Waals surface area (Å²) in [7, 11) is -3.63. The smallest absolute Gasteiger partial charge is 0.239 e. The van der Waals surface area contributed by atoms with Gasteiger partial charge in [0.15, 0.2) is 5.79 Å². The molecule has 0 bridgehead atoms. The third-order valence-corrected chi connectivity index (χ3v) is 7.08. The maximum atomic E-state index is 13.7. The molecule has 1 unspecified atom stereocenters. The van der Waals surface area contributed by atoms with E-state index in [2.05, 4.69) is 11.6 Å². The lowest BCUT2D eigenvalue weighted by Crippen LogP contribution is -2.37. The van der Waals surface area contributed by atoms with Crippen LogP contribution in [0.15, 0.2) is 30.4 Å². The second-order valence-electron chi connectivity index (χ2n) is 7.56. The number of benzene rings is 1. The van der Waals surface area contributed by atoms with Gasteiger partial charge in [0.05, 0.1) is 24.2 Å². The minimum Gasteiger partial charge on any atom is -0.344 e. The van der Waals surface area contributed by atoms with Crippen LogP contribution in [0.4, 0.5) is 10.1 Å². The molecular weight excluding hydrogens is 381 g/mol. The van der Waals surface area contributed by atoms with Crippen molar-refractivity contribution >= 4 is 15.7 Å². The van der Waals surface area contributed by atoms with Gasteiger partial charge in [0.1, 0.15) is 5.82 Å². The quantitative estimate of drug-likeness (QED) is 0.479. The molecule has 5 nitrogen and oxygen atoms in total. The molecule has 1 N–H and O–H groups in total. The molecule has 7 heteroatoms. The van der Waals surface area contributed by atoms with Crippen LogP contribution in [0.1, 0.15) is 57.4 Å². The number of hydrogen-bond donors (Lipinski definition) is 1. The highest BCUT2D eigenvalue weighted by Gasteiger charge is 2.39. The van der Waals surface area contributed by atoms with Gasteiger partial charge in [-0.3, -0.25) is 4.72 Å². The van der Waals surface area contributed by atoms with Crippen LogP contribution in [-0.2, 0) is 25.9 Å². The molecular formula is C21H30FNO4S. The van der Waals surface area contributed by atoms with Crippen molar-refractivity contribution in [3.05, 3.63) is 41.7 Å². The molecule has 0 aromatic heterocycles. The Morgan fingerprint density at radius 1 is 1.18 bits per heavy atom. The fraction of sp³-hybridized carbons (Fsp3) is 0.619. The summed E-state index contributed by atoms with van der Waals surface area (Å²) < 4.78 is 53.3. The van der Waals surface area contributed by atoms with Gasteiger partial charge in [-0.15, -0.1) is 0 Å². The Balaban J connectivity index is 1.66. The van der Waals surface area contributed by atoms with E-state index in [9.17, 15) is 12.8 Å². The van der Waals surface area contributed by atoms with Gasteiger partial charge in [0, 0.05) is 6.42 Å². The average molecular weight is 412 g/mol. The van der Waals surface area contributed by atoms with E-state index >= 15 is 0 Å². The number of anilines is 1. The number of sulfonamides is 1. The standard InChI is InChI=1S/C21H30FNO4S/c1-2-3-4-5-6-7-17-16-18(22)8-9-20(17)23-28(24,25)19-10-12-21(13-11-19)26-14-15-27-21/h8-10,12,16,19,23H,2-7,11,13-15H2,1H3. The monoisotopic (exact) mass is 411 g/mol. The first-order valence-electron chi connectivity index (χ1n) is 10.2. The minimum absolute atomic E-state index is 0.346. The normalized spacial score (nSPS) is 21.3. The van der Waals surface area contributed by atoms with E-state index in [0.29, 0.717) is 43.7 Å². The second-order valence-corrected chi connectivity index (χ2v) is 9.46. The SMILES string of the molecule is CCCCCCCc1cc(F)ccc1NS(=O)(=O)C1C=CC2(CC1)OCCO2. The van der Waals surface area contributed by atoms with Gasteiger partial charge in [-0.2, -0.15) is 0 Å². The van der Waals surface area contributed by atoms with Crippen LogP contribution in [0.2, 0.25) is 0 Å². The zero-order valence-corrected chi connectivity index (χ0v) is 17.3. The van der Waals surface area contributed by atoms with Crippen molar-refractivity contribution in [1.29, 1.82) is 0 Å². The molecule has 0 saturated carbocycles. The highest BCUT2D eigenvalue weighted by atomic mass is 32.2. The molecule has 1 saturated heterocycles. The molecule has 28 heavy (non-hydrogen) atoms. The van der Waals surface area contributed by atoms with Gasteiger partial charge in [-0.25, -0.2) is 12.8 Å². The maximum Gasteiger partial charge on any atom is 0.239 e. The first kappa shape index (κ1) is 21.3. The Labute approximate surface area is 167 Å².